The van der Waals surface area contributed by atoms with Crippen molar-refractivity contribution in [2.75, 3.05) is 25.8 Å². The molecule has 0 saturated heterocycles. The summed E-state index contributed by atoms with van der Waals surface area (Å²) in [6, 6.07) is 0. The SMILES string of the molecule is CN/C1=C(\S(C)(C)C)C=CCCC=C1. The molecule has 2 heteroatoms. The number of hydrogen-bond donors (Lipinski definition) is 1. The first kappa shape index (κ1) is 11.4. The molecule has 0 atom stereocenters. The Morgan fingerprint density at radius 3 is 2.14 bits per heavy atom. The first-order chi connectivity index (χ1) is 6.55. The van der Waals surface area contributed by atoms with E-state index in [1.54, 1.807) is 0 Å². The van der Waals surface area contributed by atoms with Crippen molar-refractivity contribution in [3.8, 4) is 0 Å². The first-order valence-corrected chi connectivity index (χ1v) is 7.85. The van der Waals surface area contributed by atoms with Crippen LogP contribution in [0.2, 0.25) is 0 Å². The highest BCUT2D eigenvalue weighted by Crippen LogP contribution is 2.47. The van der Waals surface area contributed by atoms with Crippen molar-refractivity contribution in [2.45, 2.75) is 12.8 Å². The zero-order valence-corrected chi connectivity index (χ0v) is 10.4. The molecule has 14 heavy (non-hydrogen) atoms. The fourth-order valence-corrected chi connectivity index (χ4v) is 2.83. The minimum absolute atomic E-state index is 0.648. The second-order valence-electron chi connectivity index (χ2n) is 4.25. The van der Waals surface area contributed by atoms with Gasteiger partial charge >= 0.3 is 0 Å². The molecule has 0 heterocycles. The first-order valence-electron chi connectivity index (χ1n) is 4.99. The normalized spacial score (nSPS) is 24.3. The minimum atomic E-state index is -0.648. The summed E-state index contributed by atoms with van der Waals surface area (Å²) in [6.45, 7) is 0. The van der Waals surface area contributed by atoms with Crippen LogP contribution in [0.4, 0.5) is 0 Å². The van der Waals surface area contributed by atoms with Crippen molar-refractivity contribution in [1.82, 2.24) is 5.32 Å². The van der Waals surface area contributed by atoms with E-state index >= 15 is 0 Å². The van der Waals surface area contributed by atoms with Crippen LogP contribution in [-0.2, 0) is 0 Å². The Morgan fingerprint density at radius 2 is 1.64 bits per heavy atom. The summed E-state index contributed by atoms with van der Waals surface area (Å²) in [5, 5.41) is 3.29. The van der Waals surface area contributed by atoms with Crippen LogP contribution in [0.1, 0.15) is 12.8 Å². The molecule has 1 nitrogen and oxygen atoms in total. The van der Waals surface area contributed by atoms with Crippen LogP contribution in [0, 0.1) is 0 Å². The molecule has 0 bridgehead atoms. The quantitative estimate of drug-likeness (QED) is 0.740. The maximum atomic E-state index is 3.29. The van der Waals surface area contributed by atoms with Gasteiger partial charge in [0.2, 0.25) is 0 Å². The molecule has 80 valence electrons. The molecule has 0 aromatic rings. The molecule has 0 amide bonds. The molecule has 1 aliphatic rings. The van der Waals surface area contributed by atoms with Crippen LogP contribution in [0.15, 0.2) is 34.9 Å². The molecule has 0 aliphatic heterocycles. The van der Waals surface area contributed by atoms with Gasteiger partial charge in [0.1, 0.15) is 0 Å². The lowest BCUT2D eigenvalue weighted by atomic mass is 10.2. The van der Waals surface area contributed by atoms with Crippen molar-refractivity contribution < 1.29 is 0 Å². The Kier molecular flexibility index (Phi) is 3.87. The molecule has 0 aromatic carbocycles. The zero-order valence-electron chi connectivity index (χ0n) is 9.63. The highest BCUT2D eigenvalue weighted by Gasteiger charge is 2.13. The predicted molar refractivity (Wildman–Crippen MR) is 69.0 cm³/mol. The molecule has 0 fully saturated rings. The van der Waals surface area contributed by atoms with E-state index in [2.05, 4.69) is 48.4 Å². The summed E-state index contributed by atoms with van der Waals surface area (Å²) in [5.74, 6) is 0. The highest BCUT2D eigenvalue weighted by molar-refractivity contribution is 8.35. The second kappa shape index (κ2) is 4.74. The number of allylic oxidation sites excluding steroid dienone is 4. The van der Waals surface area contributed by atoms with Crippen LogP contribution in [0.25, 0.3) is 0 Å². The monoisotopic (exact) mass is 211 g/mol. The van der Waals surface area contributed by atoms with Crippen LogP contribution in [0.5, 0.6) is 0 Å². The van der Waals surface area contributed by atoms with Gasteiger partial charge in [-0.3, -0.25) is 0 Å². The van der Waals surface area contributed by atoms with Gasteiger partial charge in [0.15, 0.2) is 0 Å². The van der Waals surface area contributed by atoms with E-state index in [1.165, 1.54) is 10.6 Å². The molecular formula is C12H21NS. The number of hydrogen-bond acceptors (Lipinski definition) is 1. The molecule has 0 unspecified atom stereocenters. The third kappa shape index (κ3) is 2.95. The molecule has 0 spiro atoms. The molecule has 0 saturated carbocycles. The van der Waals surface area contributed by atoms with Crippen LogP contribution >= 0.6 is 10.0 Å². The van der Waals surface area contributed by atoms with Gasteiger partial charge in [0.25, 0.3) is 0 Å². The highest BCUT2D eigenvalue weighted by atomic mass is 32.3. The van der Waals surface area contributed by atoms with E-state index in [1.807, 2.05) is 7.05 Å². The number of nitrogens with one attached hydrogen (secondary N) is 1. The van der Waals surface area contributed by atoms with Crippen molar-refractivity contribution in [2.24, 2.45) is 0 Å². The van der Waals surface area contributed by atoms with Crippen molar-refractivity contribution in [1.29, 1.82) is 0 Å². The van der Waals surface area contributed by atoms with E-state index in [4.69, 9.17) is 0 Å². The van der Waals surface area contributed by atoms with Crippen LogP contribution in [-0.4, -0.2) is 25.8 Å². The number of likely N-dealkylation sites (N-methyl/N-ethyl adjacent to an activating group) is 1. The summed E-state index contributed by atoms with van der Waals surface area (Å²) in [4.78, 5) is 1.47. The average Bonchev–Trinajstić information content (AvgIpc) is 2.01. The molecule has 1 N–H and O–H groups in total. The largest absolute Gasteiger partial charge is 0.387 e. The topological polar surface area (TPSA) is 12.0 Å². The van der Waals surface area contributed by atoms with E-state index in [-0.39, 0.29) is 0 Å². The summed E-state index contributed by atoms with van der Waals surface area (Å²) in [6.07, 6.45) is 18.4. The Morgan fingerprint density at radius 1 is 1.07 bits per heavy atom. The summed E-state index contributed by atoms with van der Waals surface area (Å²) in [7, 11) is 1.35. The van der Waals surface area contributed by atoms with Gasteiger partial charge in [-0.1, -0.05) is 18.2 Å². The van der Waals surface area contributed by atoms with Crippen LogP contribution < -0.4 is 5.32 Å². The molecular weight excluding hydrogens is 190 g/mol. The van der Waals surface area contributed by atoms with E-state index < -0.39 is 10.0 Å². The van der Waals surface area contributed by atoms with E-state index in [9.17, 15) is 0 Å². The van der Waals surface area contributed by atoms with Crippen LogP contribution in [0.3, 0.4) is 0 Å². The Hall–Kier alpha value is -0.630. The van der Waals surface area contributed by atoms with E-state index in [0.29, 0.717) is 0 Å². The van der Waals surface area contributed by atoms with Gasteiger partial charge in [0.05, 0.1) is 0 Å². The lowest BCUT2D eigenvalue weighted by Gasteiger charge is -2.29. The standard InChI is InChI=1S/C12H21NS/c1-13-11-9-7-5-6-8-10-12(11)14(2,3)4/h7-10,13H,5-6H2,1-4H3/b9-7?,10-8?,12-11-. The minimum Gasteiger partial charge on any atom is -0.387 e. The summed E-state index contributed by atoms with van der Waals surface area (Å²) >= 11 is 0. The van der Waals surface area contributed by atoms with Crippen molar-refractivity contribution in [3.63, 3.8) is 0 Å². The zero-order chi connectivity index (χ0) is 10.6. The Bertz CT molecular complexity index is 279. The smallest absolute Gasteiger partial charge is 0.0457 e. The maximum Gasteiger partial charge on any atom is 0.0457 e. The summed E-state index contributed by atoms with van der Waals surface area (Å²) in [5.41, 5.74) is 1.28. The Labute approximate surface area is 89.3 Å². The Balaban J connectivity index is 3.13. The lowest BCUT2D eigenvalue weighted by molar-refractivity contribution is 0.994. The molecule has 1 rings (SSSR count). The molecule has 1 aliphatic carbocycles. The fourth-order valence-electron chi connectivity index (χ4n) is 1.50. The van der Waals surface area contributed by atoms with Crippen molar-refractivity contribution >= 4 is 10.0 Å². The second-order valence-corrected chi connectivity index (χ2v) is 8.36. The van der Waals surface area contributed by atoms with Gasteiger partial charge in [-0.2, -0.15) is 0 Å². The fraction of sp³-hybridized carbons (Fsp3) is 0.500. The average molecular weight is 211 g/mol. The van der Waals surface area contributed by atoms with Gasteiger partial charge in [0, 0.05) is 17.6 Å². The lowest BCUT2D eigenvalue weighted by Crippen LogP contribution is -2.10. The van der Waals surface area contributed by atoms with E-state index in [0.717, 1.165) is 12.8 Å². The third-order valence-corrected chi connectivity index (χ3v) is 3.92. The third-order valence-electron chi connectivity index (χ3n) is 2.25. The predicted octanol–water partition coefficient (Wildman–Crippen LogP) is 3.02. The molecule has 0 aromatic heterocycles. The maximum absolute atomic E-state index is 3.29. The number of rotatable bonds is 2. The summed E-state index contributed by atoms with van der Waals surface area (Å²) < 4.78 is 0. The van der Waals surface area contributed by atoms with Gasteiger partial charge < -0.3 is 5.32 Å². The molecule has 0 radical (unpaired) electrons. The van der Waals surface area contributed by atoms with Gasteiger partial charge in [-0.25, -0.2) is 10.0 Å². The van der Waals surface area contributed by atoms with Crippen molar-refractivity contribution in [3.05, 3.63) is 34.9 Å². The van der Waals surface area contributed by atoms with Gasteiger partial charge in [-0.15, -0.1) is 0 Å². The van der Waals surface area contributed by atoms with Gasteiger partial charge in [-0.05, 0) is 37.7 Å².